The molecule has 3 N–H and O–H groups in total. The molecule has 0 heterocycles. The average Bonchev–Trinajstić information content (AvgIpc) is 2.16. The molecule has 0 aliphatic carbocycles. The fourth-order valence-electron chi connectivity index (χ4n) is 1.66. The van der Waals surface area contributed by atoms with Crippen molar-refractivity contribution < 1.29 is 4.79 Å². The van der Waals surface area contributed by atoms with Gasteiger partial charge in [0.25, 0.3) is 0 Å². The van der Waals surface area contributed by atoms with Gasteiger partial charge < -0.3 is 16.0 Å². The van der Waals surface area contributed by atoms with Crippen LogP contribution in [0.4, 0.5) is 0 Å². The van der Waals surface area contributed by atoms with Crippen molar-refractivity contribution >= 4 is 5.91 Å². The van der Waals surface area contributed by atoms with E-state index in [0.717, 1.165) is 32.4 Å². The molecule has 15 heavy (non-hydrogen) atoms. The maximum Gasteiger partial charge on any atom is 0.242 e. The fraction of sp³-hybridized carbons (Fsp3) is 0.909. The maximum atomic E-state index is 11.9. The van der Waals surface area contributed by atoms with E-state index in [2.05, 4.69) is 5.32 Å². The highest BCUT2D eigenvalue weighted by molar-refractivity contribution is 5.85. The summed E-state index contributed by atoms with van der Waals surface area (Å²) in [4.78, 5) is 13.7. The smallest absolute Gasteiger partial charge is 0.242 e. The number of nitrogens with two attached hydrogens (primary N) is 1. The summed E-state index contributed by atoms with van der Waals surface area (Å²) >= 11 is 0. The standard InChI is InChI=1S/C11H25N3O/c1-5-7-11(2,12)10(15)14(4)9-6-8-13-3/h13H,5-9,12H2,1-4H3. The molecule has 0 fully saturated rings. The number of nitrogens with zero attached hydrogens (tertiary/aromatic N) is 1. The second-order valence-corrected chi connectivity index (χ2v) is 4.35. The Bertz CT molecular complexity index is 192. The minimum Gasteiger partial charge on any atom is -0.344 e. The first-order valence-corrected chi connectivity index (χ1v) is 5.64. The van der Waals surface area contributed by atoms with Crippen molar-refractivity contribution in [3.63, 3.8) is 0 Å². The summed E-state index contributed by atoms with van der Waals surface area (Å²) in [5.74, 6) is 0.0421. The van der Waals surface area contributed by atoms with Gasteiger partial charge in [-0.1, -0.05) is 13.3 Å². The molecule has 0 aromatic rings. The zero-order valence-electron chi connectivity index (χ0n) is 10.5. The zero-order valence-corrected chi connectivity index (χ0v) is 10.5. The van der Waals surface area contributed by atoms with Crippen LogP contribution in [0.2, 0.25) is 0 Å². The molecule has 0 aliphatic heterocycles. The van der Waals surface area contributed by atoms with Crippen LogP contribution >= 0.6 is 0 Å². The fourth-order valence-corrected chi connectivity index (χ4v) is 1.66. The van der Waals surface area contributed by atoms with E-state index in [1.165, 1.54) is 0 Å². The van der Waals surface area contributed by atoms with Gasteiger partial charge >= 0.3 is 0 Å². The van der Waals surface area contributed by atoms with E-state index in [1.54, 1.807) is 4.90 Å². The molecule has 1 unspecified atom stereocenters. The number of carbonyl (C=O) groups is 1. The second-order valence-electron chi connectivity index (χ2n) is 4.35. The molecule has 0 radical (unpaired) electrons. The summed E-state index contributed by atoms with van der Waals surface area (Å²) in [6.07, 6.45) is 2.63. The molecule has 1 atom stereocenters. The molecule has 1 amide bonds. The minimum absolute atomic E-state index is 0.0421. The Morgan fingerprint density at radius 1 is 1.53 bits per heavy atom. The first-order valence-electron chi connectivity index (χ1n) is 5.64. The number of amides is 1. The van der Waals surface area contributed by atoms with Crippen LogP contribution in [0.3, 0.4) is 0 Å². The lowest BCUT2D eigenvalue weighted by molar-refractivity contribution is -0.135. The summed E-state index contributed by atoms with van der Waals surface area (Å²) in [7, 11) is 3.73. The Hall–Kier alpha value is -0.610. The largest absolute Gasteiger partial charge is 0.344 e. The van der Waals surface area contributed by atoms with Crippen molar-refractivity contribution in [2.45, 2.75) is 38.6 Å². The van der Waals surface area contributed by atoms with E-state index in [9.17, 15) is 4.79 Å². The van der Waals surface area contributed by atoms with Gasteiger partial charge in [-0.05, 0) is 33.4 Å². The Morgan fingerprint density at radius 2 is 2.13 bits per heavy atom. The average molecular weight is 215 g/mol. The van der Waals surface area contributed by atoms with Crippen LogP contribution in [0, 0.1) is 0 Å². The summed E-state index contributed by atoms with van der Waals surface area (Å²) in [6.45, 7) is 5.54. The number of hydrogen-bond acceptors (Lipinski definition) is 3. The number of likely N-dealkylation sites (N-methyl/N-ethyl adjacent to an activating group) is 1. The van der Waals surface area contributed by atoms with Crippen molar-refractivity contribution in [1.82, 2.24) is 10.2 Å². The van der Waals surface area contributed by atoms with Crippen LogP contribution in [-0.4, -0.2) is 43.5 Å². The minimum atomic E-state index is -0.705. The van der Waals surface area contributed by atoms with Gasteiger partial charge in [0.1, 0.15) is 0 Å². The Labute approximate surface area is 93.2 Å². The van der Waals surface area contributed by atoms with E-state index in [1.807, 2.05) is 27.9 Å². The molecule has 0 spiro atoms. The topological polar surface area (TPSA) is 58.4 Å². The highest BCUT2D eigenvalue weighted by atomic mass is 16.2. The molecule has 0 rings (SSSR count). The van der Waals surface area contributed by atoms with E-state index in [-0.39, 0.29) is 5.91 Å². The number of hydrogen-bond donors (Lipinski definition) is 2. The molecular formula is C11H25N3O. The Morgan fingerprint density at radius 3 is 2.60 bits per heavy atom. The van der Waals surface area contributed by atoms with Gasteiger partial charge in [0, 0.05) is 13.6 Å². The van der Waals surface area contributed by atoms with Crippen LogP contribution < -0.4 is 11.1 Å². The number of nitrogens with one attached hydrogen (secondary N) is 1. The van der Waals surface area contributed by atoms with Crippen molar-refractivity contribution in [1.29, 1.82) is 0 Å². The van der Waals surface area contributed by atoms with Crippen molar-refractivity contribution in [2.24, 2.45) is 5.73 Å². The summed E-state index contributed by atoms with van der Waals surface area (Å²) < 4.78 is 0. The third kappa shape index (κ3) is 5.14. The van der Waals surface area contributed by atoms with Gasteiger partial charge in [0.15, 0.2) is 0 Å². The number of carbonyl (C=O) groups excluding carboxylic acids is 1. The first kappa shape index (κ1) is 14.4. The predicted molar refractivity (Wildman–Crippen MR) is 63.7 cm³/mol. The van der Waals surface area contributed by atoms with Crippen LogP contribution in [0.15, 0.2) is 0 Å². The normalized spacial score (nSPS) is 14.7. The SMILES string of the molecule is CCCC(C)(N)C(=O)N(C)CCCNC. The molecule has 0 saturated heterocycles. The predicted octanol–water partition coefficient (Wildman–Crippen LogP) is 0.572. The Balaban J connectivity index is 4.06. The van der Waals surface area contributed by atoms with Gasteiger partial charge in [-0.2, -0.15) is 0 Å². The molecule has 0 aromatic carbocycles. The lowest BCUT2D eigenvalue weighted by Gasteiger charge is -2.29. The van der Waals surface area contributed by atoms with Crippen LogP contribution in [0.25, 0.3) is 0 Å². The zero-order chi connectivity index (χ0) is 11.9. The highest BCUT2D eigenvalue weighted by Gasteiger charge is 2.29. The van der Waals surface area contributed by atoms with Gasteiger partial charge in [-0.25, -0.2) is 0 Å². The van der Waals surface area contributed by atoms with Crippen LogP contribution in [0.1, 0.15) is 33.1 Å². The quantitative estimate of drug-likeness (QED) is 0.611. The molecule has 0 saturated carbocycles. The number of rotatable bonds is 7. The third-order valence-electron chi connectivity index (χ3n) is 2.52. The van der Waals surface area contributed by atoms with Gasteiger partial charge in [0.2, 0.25) is 5.91 Å². The second kappa shape index (κ2) is 6.80. The summed E-state index contributed by atoms with van der Waals surface area (Å²) in [5.41, 5.74) is 5.26. The van der Waals surface area contributed by atoms with Crippen molar-refractivity contribution in [2.75, 3.05) is 27.2 Å². The first-order chi connectivity index (χ1) is 6.95. The van der Waals surface area contributed by atoms with E-state index in [0.29, 0.717) is 0 Å². The molecule has 4 nitrogen and oxygen atoms in total. The van der Waals surface area contributed by atoms with Gasteiger partial charge in [0.05, 0.1) is 5.54 Å². The van der Waals surface area contributed by atoms with Crippen LogP contribution in [0.5, 0.6) is 0 Å². The van der Waals surface area contributed by atoms with Crippen molar-refractivity contribution in [3.05, 3.63) is 0 Å². The van der Waals surface area contributed by atoms with Gasteiger partial charge in [-0.15, -0.1) is 0 Å². The monoisotopic (exact) mass is 215 g/mol. The molecule has 90 valence electrons. The molecular weight excluding hydrogens is 190 g/mol. The van der Waals surface area contributed by atoms with E-state index < -0.39 is 5.54 Å². The third-order valence-corrected chi connectivity index (χ3v) is 2.52. The molecule has 0 aromatic heterocycles. The maximum absolute atomic E-state index is 11.9. The van der Waals surface area contributed by atoms with E-state index >= 15 is 0 Å². The summed E-state index contributed by atoms with van der Waals surface area (Å²) in [6, 6.07) is 0. The lowest BCUT2D eigenvalue weighted by Crippen LogP contribution is -2.52. The Kier molecular flexibility index (Phi) is 6.52. The molecule has 0 aliphatic rings. The molecule has 0 bridgehead atoms. The molecule has 4 heteroatoms. The highest BCUT2D eigenvalue weighted by Crippen LogP contribution is 2.11. The summed E-state index contributed by atoms with van der Waals surface area (Å²) in [5, 5.41) is 3.06. The van der Waals surface area contributed by atoms with Gasteiger partial charge in [-0.3, -0.25) is 4.79 Å². The van der Waals surface area contributed by atoms with E-state index in [4.69, 9.17) is 5.73 Å². The lowest BCUT2D eigenvalue weighted by atomic mass is 9.96. The van der Waals surface area contributed by atoms with Crippen LogP contribution in [-0.2, 0) is 4.79 Å². The van der Waals surface area contributed by atoms with Crippen molar-refractivity contribution in [3.8, 4) is 0 Å².